The third kappa shape index (κ3) is 1.88. The lowest BCUT2D eigenvalue weighted by molar-refractivity contribution is 0.399. The minimum atomic E-state index is 1.00. The van der Waals surface area contributed by atoms with Gasteiger partial charge in [-0.05, 0) is 12.1 Å². The number of fused-ring (bicyclic) bond motifs is 1. The standard InChI is InChI=1S/C7H7NS.CH4O/c1-2-4-7-6(3-1)8-5-9-7;1-2/h1-4,8H,5H2;2H,1H3. The summed E-state index contributed by atoms with van der Waals surface area (Å²) < 4.78 is 0. The monoisotopic (exact) mass is 169 g/mol. The van der Waals surface area contributed by atoms with Gasteiger partial charge in [0.25, 0.3) is 0 Å². The molecule has 0 saturated carbocycles. The van der Waals surface area contributed by atoms with Crippen LogP contribution in [0, 0.1) is 0 Å². The molecule has 1 aliphatic rings. The zero-order valence-corrected chi connectivity index (χ0v) is 7.19. The van der Waals surface area contributed by atoms with Crippen LogP contribution in [0.25, 0.3) is 0 Å². The summed E-state index contributed by atoms with van der Waals surface area (Å²) in [6.45, 7) is 0. The zero-order valence-electron chi connectivity index (χ0n) is 6.37. The van der Waals surface area contributed by atoms with Crippen molar-refractivity contribution in [2.24, 2.45) is 0 Å². The number of thioether (sulfide) groups is 1. The number of nitrogens with one attached hydrogen (secondary N) is 1. The van der Waals surface area contributed by atoms with E-state index in [-0.39, 0.29) is 0 Å². The number of hydrogen-bond acceptors (Lipinski definition) is 3. The maximum Gasteiger partial charge on any atom is 0.0658 e. The van der Waals surface area contributed by atoms with Gasteiger partial charge in [0.05, 0.1) is 5.88 Å². The van der Waals surface area contributed by atoms with Crippen LogP contribution in [-0.4, -0.2) is 18.1 Å². The predicted octanol–water partition coefficient (Wildman–Crippen LogP) is 1.77. The second kappa shape index (κ2) is 4.26. The lowest BCUT2D eigenvalue weighted by Crippen LogP contribution is -1.86. The molecular formula is C8H11NOS. The summed E-state index contributed by atoms with van der Waals surface area (Å²) >= 11 is 1.86. The van der Waals surface area contributed by atoms with Crippen molar-refractivity contribution in [2.75, 3.05) is 18.3 Å². The Morgan fingerprint density at radius 2 is 2.09 bits per heavy atom. The van der Waals surface area contributed by atoms with Crippen LogP contribution >= 0.6 is 11.8 Å². The predicted molar refractivity (Wildman–Crippen MR) is 48.9 cm³/mol. The molecule has 3 heteroatoms. The van der Waals surface area contributed by atoms with E-state index in [1.165, 1.54) is 10.6 Å². The van der Waals surface area contributed by atoms with Gasteiger partial charge in [0.1, 0.15) is 0 Å². The molecule has 0 unspecified atom stereocenters. The van der Waals surface area contributed by atoms with Crippen LogP contribution in [0.5, 0.6) is 0 Å². The quantitative estimate of drug-likeness (QED) is 0.621. The average molecular weight is 169 g/mol. The molecule has 0 bridgehead atoms. The molecule has 0 spiro atoms. The number of hydrogen-bond donors (Lipinski definition) is 2. The van der Waals surface area contributed by atoms with E-state index in [1.807, 2.05) is 11.8 Å². The van der Waals surface area contributed by atoms with Crippen LogP contribution in [0.4, 0.5) is 5.69 Å². The zero-order chi connectivity index (χ0) is 8.10. The van der Waals surface area contributed by atoms with Crippen molar-refractivity contribution < 1.29 is 5.11 Å². The molecule has 60 valence electrons. The van der Waals surface area contributed by atoms with Gasteiger partial charge < -0.3 is 10.4 Å². The fourth-order valence-corrected chi connectivity index (χ4v) is 1.78. The van der Waals surface area contributed by atoms with E-state index >= 15 is 0 Å². The molecule has 11 heavy (non-hydrogen) atoms. The Labute approximate surface area is 70.6 Å². The van der Waals surface area contributed by atoms with Crippen LogP contribution in [0.15, 0.2) is 29.2 Å². The molecule has 0 aromatic heterocycles. The molecule has 0 fully saturated rings. The highest BCUT2D eigenvalue weighted by Crippen LogP contribution is 2.32. The molecule has 0 aliphatic carbocycles. The van der Waals surface area contributed by atoms with Crippen LogP contribution in [-0.2, 0) is 0 Å². The van der Waals surface area contributed by atoms with E-state index < -0.39 is 0 Å². The molecule has 1 heterocycles. The Morgan fingerprint density at radius 3 is 2.82 bits per heavy atom. The van der Waals surface area contributed by atoms with Crippen molar-refractivity contribution in [1.29, 1.82) is 0 Å². The normalized spacial score (nSPS) is 12.5. The van der Waals surface area contributed by atoms with E-state index in [2.05, 4.69) is 29.6 Å². The summed E-state index contributed by atoms with van der Waals surface area (Å²) in [5.74, 6) is 1.03. The molecular weight excluding hydrogens is 158 g/mol. The molecule has 0 saturated heterocycles. The van der Waals surface area contributed by atoms with Crippen molar-refractivity contribution in [2.45, 2.75) is 4.90 Å². The Morgan fingerprint density at radius 1 is 1.36 bits per heavy atom. The molecule has 0 atom stereocenters. The van der Waals surface area contributed by atoms with Gasteiger partial charge in [0, 0.05) is 17.7 Å². The number of para-hydroxylation sites is 1. The molecule has 2 nitrogen and oxygen atoms in total. The number of rotatable bonds is 0. The first kappa shape index (κ1) is 8.43. The van der Waals surface area contributed by atoms with Crippen molar-refractivity contribution >= 4 is 17.4 Å². The average Bonchev–Trinajstić information content (AvgIpc) is 2.55. The fourth-order valence-electron chi connectivity index (χ4n) is 0.930. The van der Waals surface area contributed by atoms with Crippen molar-refractivity contribution in [1.82, 2.24) is 0 Å². The Bertz CT molecular complexity index is 204. The largest absolute Gasteiger partial charge is 0.400 e. The number of benzene rings is 1. The third-order valence-electron chi connectivity index (χ3n) is 1.38. The van der Waals surface area contributed by atoms with Gasteiger partial charge in [0.2, 0.25) is 0 Å². The Hall–Kier alpha value is -0.670. The number of aliphatic hydroxyl groups is 1. The lowest BCUT2D eigenvalue weighted by atomic mass is 10.3. The van der Waals surface area contributed by atoms with Gasteiger partial charge in [-0.3, -0.25) is 0 Å². The van der Waals surface area contributed by atoms with Crippen molar-refractivity contribution in [3.63, 3.8) is 0 Å². The van der Waals surface area contributed by atoms with Crippen LogP contribution in [0.3, 0.4) is 0 Å². The van der Waals surface area contributed by atoms with E-state index in [9.17, 15) is 0 Å². The highest BCUT2D eigenvalue weighted by Gasteiger charge is 2.06. The summed E-state index contributed by atoms with van der Waals surface area (Å²) in [6.07, 6.45) is 0. The molecule has 0 amide bonds. The Balaban J connectivity index is 0.000000281. The highest BCUT2D eigenvalue weighted by atomic mass is 32.2. The molecule has 1 aromatic rings. The summed E-state index contributed by atoms with van der Waals surface area (Å²) in [7, 11) is 1.00. The van der Waals surface area contributed by atoms with Crippen LogP contribution < -0.4 is 5.32 Å². The first-order valence-corrected chi connectivity index (χ1v) is 4.36. The second-order valence-corrected chi connectivity index (χ2v) is 2.98. The van der Waals surface area contributed by atoms with Gasteiger partial charge in [-0.1, -0.05) is 12.1 Å². The Kier molecular flexibility index (Phi) is 3.26. The third-order valence-corrected chi connectivity index (χ3v) is 2.33. The van der Waals surface area contributed by atoms with E-state index in [0.717, 1.165) is 13.0 Å². The van der Waals surface area contributed by atoms with Crippen LogP contribution in [0.2, 0.25) is 0 Å². The summed E-state index contributed by atoms with van der Waals surface area (Å²) in [5.41, 5.74) is 1.28. The van der Waals surface area contributed by atoms with E-state index in [1.54, 1.807) is 0 Å². The molecule has 1 aliphatic heterocycles. The molecule has 0 radical (unpaired) electrons. The maximum atomic E-state index is 7.00. The molecule has 2 N–H and O–H groups in total. The first-order chi connectivity index (χ1) is 5.47. The fraction of sp³-hybridized carbons (Fsp3) is 0.250. The number of anilines is 1. The summed E-state index contributed by atoms with van der Waals surface area (Å²) in [5, 5.41) is 10.3. The maximum absolute atomic E-state index is 7.00. The van der Waals surface area contributed by atoms with E-state index in [0.29, 0.717) is 0 Å². The van der Waals surface area contributed by atoms with Gasteiger partial charge in [-0.25, -0.2) is 0 Å². The van der Waals surface area contributed by atoms with Gasteiger partial charge in [0.15, 0.2) is 0 Å². The summed E-state index contributed by atoms with van der Waals surface area (Å²) in [6, 6.07) is 8.37. The van der Waals surface area contributed by atoms with Gasteiger partial charge >= 0.3 is 0 Å². The first-order valence-electron chi connectivity index (χ1n) is 3.37. The van der Waals surface area contributed by atoms with Crippen molar-refractivity contribution in [3.05, 3.63) is 24.3 Å². The molecule has 1 aromatic carbocycles. The molecule has 2 rings (SSSR count). The minimum Gasteiger partial charge on any atom is -0.400 e. The van der Waals surface area contributed by atoms with Gasteiger partial charge in [-0.2, -0.15) is 0 Å². The van der Waals surface area contributed by atoms with Gasteiger partial charge in [-0.15, -0.1) is 11.8 Å². The van der Waals surface area contributed by atoms with E-state index in [4.69, 9.17) is 5.11 Å². The lowest BCUT2D eigenvalue weighted by Gasteiger charge is -1.92. The number of aliphatic hydroxyl groups excluding tert-OH is 1. The minimum absolute atomic E-state index is 1.00. The van der Waals surface area contributed by atoms with Crippen LogP contribution in [0.1, 0.15) is 0 Å². The van der Waals surface area contributed by atoms with Crippen molar-refractivity contribution in [3.8, 4) is 0 Å². The highest BCUT2D eigenvalue weighted by molar-refractivity contribution is 7.99. The second-order valence-electron chi connectivity index (χ2n) is 1.96. The SMILES string of the molecule is CO.c1ccc2c(c1)NCS2. The summed E-state index contributed by atoms with van der Waals surface area (Å²) in [4.78, 5) is 1.37. The topological polar surface area (TPSA) is 32.3 Å². The smallest absolute Gasteiger partial charge is 0.0658 e.